The largest absolute Gasteiger partial charge is 0.326 e. The lowest BCUT2D eigenvalue weighted by atomic mass is 10.1. The molecule has 3 rings (SSSR count). The first-order valence-corrected chi connectivity index (χ1v) is 7.53. The topological polar surface area (TPSA) is 49.4 Å². The first-order chi connectivity index (χ1) is 11.0. The van der Waals surface area contributed by atoms with Crippen LogP contribution in [0.4, 0.5) is 15.8 Å². The van der Waals surface area contributed by atoms with Crippen molar-refractivity contribution in [3.8, 4) is 0 Å². The molecule has 118 valence electrons. The zero-order valence-electron chi connectivity index (χ0n) is 12.1. The van der Waals surface area contributed by atoms with E-state index >= 15 is 0 Å². The molecule has 0 aliphatic carbocycles. The number of hydrogen-bond donors (Lipinski definition) is 1. The van der Waals surface area contributed by atoms with Crippen LogP contribution >= 0.6 is 11.6 Å². The van der Waals surface area contributed by atoms with Crippen molar-refractivity contribution in [3.63, 3.8) is 0 Å². The molecule has 1 unspecified atom stereocenters. The Morgan fingerprint density at radius 3 is 2.65 bits per heavy atom. The standard InChI is InChI=1S/C17H14ClFN2O2/c18-12-2-1-3-15(9-12)21-10-11(8-16(21)22)17(23)20-14-6-4-13(19)5-7-14/h1-7,9,11H,8,10H2,(H,20,23). The van der Waals surface area contributed by atoms with Crippen LogP contribution in [0.2, 0.25) is 5.02 Å². The van der Waals surface area contributed by atoms with E-state index in [-0.39, 0.29) is 24.1 Å². The number of halogens is 2. The summed E-state index contributed by atoms with van der Waals surface area (Å²) >= 11 is 5.94. The molecule has 2 aromatic rings. The Labute approximate surface area is 137 Å². The minimum absolute atomic E-state index is 0.119. The summed E-state index contributed by atoms with van der Waals surface area (Å²) < 4.78 is 12.9. The van der Waals surface area contributed by atoms with Crippen LogP contribution in [0, 0.1) is 11.7 Å². The van der Waals surface area contributed by atoms with Gasteiger partial charge >= 0.3 is 0 Å². The van der Waals surface area contributed by atoms with Gasteiger partial charge in [-0.25, -0.2) is 4.39 Å². The average Bonchev–Trinajstić information content (AvgIpc) is 2.92. The molecule has 1 saturated heterocycles. The number of nitrogens with zero attached hydrogens (tertiary/aromatic N) is 1. The van der Waals surface area contributed by atoms with E-state index in [1.807, 2.05) is 0 Å². The van der Waals surface area contributed by atoms with Crippen LogP contribution in [0.15, 0.2) is 48.5 Å². The highest BCUT2D eigenvalue weighted by molar-refractivity contribution is 6.31. The summed E-state index contributed by atoms with van der Waals surface area (Å²) in [6.45, 7) is 0.298. The predicted molar refractivity (Wildman–Crippen MR) is 86.9 cm³/mol. The van der Waals surface area contributed by atoms with Crippen LogP contribution in [0.5, 0.6) is 0 Å². The molecule has 1 N–H and O–H groups in total. The summed E-state index contributed by atoms with van der Waals surface area (Å²) in [5.41, 5.74) is 1.18. The number of amides is 2. The van der Waals surface area contributed by atoms with E-state index in [9.17, 15) is 14.0 Å². The van der Waals surface area contributed by atoms with E-state index < -0.39 is 5.92 Å². The summed E-state index contributed by atoms with van der Waals surface area (Å²) in [7, 11) is 0. The van der Waals surface area contributed by atoms with Crippen LogP contribution < -0.4 is 10.2 Å². The fourth-order valence-corrected chi connectivity index (χ4v) is 2.74. The van der Waals surface area contributed by atoms with E-state index in [1.54, 1.807) is 29.2 Å². The maximum absolute atomic E-state index is 12.9. The number of carbonyl (C=O) groups excluding carboxylic acids is 2. The number of carbonyl (C=O) groups is 2. The van der Waals surface area contributed by atoms with E-state index in [2.05, 4.69) is 5.32 Å². The zero-order chi connectivity index (χ0) is 16.4. The van der Waals surface area contributed by atoms with Gasteiger partial charge in [-0.05, 0) is 42.5 Å². The first-order valence-electron chi connectivity index (χ1n) is 7.15. The molecule has 0 bridgehead atoms. The monoisotopic (exact) mass is 332 g/mol. The molecular formula is C17H14ClFN2O2. The molecule has 6 heteroatoms. The third kappa shape index (κ3) is 3.51. The lowest BCUT2D eigenvalue weighted by Gasteiger charge is -2.17. The number of rotatable bonds is 3. The van der Waals surface area contributed by atoms with Crippen LogP contribution in [-0.2, 0) is 9.59 Å². The number of benzene rings is 2. The van der Waals surface area contributed by atoms with Gasteiger partial charge in [-0.1, -0.05) is 17.7 Å². The van der Waals surface area contributed by atoms with E-state index in [1.165, 1.54) is 24.3 Å². The van der Waals surface area contributed by atoms with Crippen LogP contribution in [-0.4, -0.2) is 18.4 Å². The molecule has 1 fully saturated rings. The second-order valence-corrected chi connectivity index (χ2v) is 5.82. The van der Waals surface area contributed by atoms with Gasteiger partial charge in [0.25, 0.3) is 0 Å². The summed E-state index contributed by atoms with van der Waals surface area (Å²) in [5, 5.41) is 3.24. The summed E-state index contributed by atoms with van der Waals surface area (Å²) in [6.07, 6.45) is 0.138. The highest BCUT2D eigenvalue weighted by Crippen LogP contribution is 2.27. The van der Waals surface area contributed by atoms with Crippen molar-refractivity contribution >= 4 is 34.8 Å². The zero-order valence-corrected chi connectivity index (χ0v) is 12.9. The van der Waals surface area contributed by atoms with Gasteiger partial charge in [-0.3, -0.25) is 9.59 Å². The van der Waals surface area contributed by atoms with Gasteiger partial charge in [-0.15, -0.1) is 0 Å². The summed E-state index contributed by atoms with van der Waals surface area (Å²) in [6, 6.07) is 12.5. The van der Waals surface area contributed by atoms with Crippen molar-refractivity contribution in [3.05, 3.63) is 59.4 Å². The van der Waals surface area contributed by atoms with Crippen LogP contribution in [0.3, 0.4) is 0 Å². The van der Waals surface area contributed by atoms with Crippen molar-refractivity contribution in [2.75, 3.05) is 16.8 Å². The molecule has 1 heterocycles. The fraction of sp³-hybridized carbons (Fsp3) is 0.176. The number of hydrogen-bond acceptors (Lipinski definition) is 2. The quantitative estimate of drug-likeness (QED) is 0.935. The molecule has 2 amide bonds. The first kappa shape index (κ1) is 15.5. The maximum atomic E-state index is 12.9. The van der Waals surface area contributed by atoms with E-state index in [4.69, 9.17) is 11.6 Å². The molecule has 1 aliphatic rings. The molecule has 0 radical (unpaired) electrons. The van der Waals surface area contributed by atoms with Crippen molar-refractivity contribution in [2.45, 2.75) is 6.42 Å². The van der Waals surface area contributed by atoms with Crippen molar-refractivity contribution in [1.29, 1.82) is 0 Å². The second-order valence-electron chi connectivity index (χ2n) is 5.38. The van der Waals surface area contributed by atoms with Crippen molar-refractivity contribution < 1.29 is 14.0 Å². The third-order valence-corrected chi connectivity index (χ3v) is 3.96. The SMILES string of the molecule is O=C(Nc1ccc(F)cc1)C1CC(=O)N(c2cccc(Cl)c2)C1. The predicted octanol–water partition coefficient (Wildman–Crippen LogP) is 3.47. The summed E-state index contributed by atoms with van der Waals surface area (Å²) in [5.74, 6) is -1.20. The Balaban J connectivity index is 1.69. The van der Waals surface area contributed by atoms with Gasteiger partial charge in [0, 0.05) is 29.4 Å². The number of anilines is 2. The Hall–Kier alpha value is -2.40. The lowest BCUT2D eigenvalue weighted by molar-refractivity contribution is -0.122. The number of nitrogens with one attached hydrogen (secondary N) is 1. The van der Waals surface area contributed by atoms with Crippen LogP contribution in [0.1, 0.15) is 6.42 Å². The highest BCUT2D eigenvalue weighted by Gasteiger charge is 2.35. The van der Waals surface area contributed by atoms with Gasteiger partial charge < -0.3 is 10.2 Å². The second kappa shape index (κ2) is 6.38. The van der Waals surface area contributed by atoms with Crippen molar-refractivity contribution in [2.24, 2.45) is 5.92 Å². The van der Waals surface area contributed by atoms with Gasteiger partial charge in [0.2, 0.25) is 11.8 Å². The molecule has 0 spiro atoms. The molecule has 1 aliphatic heterocycles. The Morgan fingerprint density at radius 1 is 1.22 bits per heavy atom. The molecule has 2 aromatic carbocycles. The van der Waals surface area contributed by atoms with Gasteiger partial charge in [0.1, 0.15) is 5.82 Å². The Bertz CT molecular complexity index is 749. The molecule has 23 heavy (non-hydrogen) atoms. The molecule has 4 nitrogen and oxygen atoms in total. The minimum atomic E-state index is -0.452. The summed E-state index contributed by atoms with van der Waals surface area (Å²) in [4.78, 5) is 26.0. The Kier molecular flexibility index (Phi) is 4.30. The third-order valence-electron chi connectivity index (χ3n) is 3.73. The van der Waals surface area contributed by atoms with Crippen LogP contribution in [0.25, 0.3) is 0 Å². The fourth-order valence-electron chi connectivity index (χ4n) is 2.55. The molecular weight excluding hydrogens is 319 g/mol. The lowest BCUT2D eigenvalue weighted by Crippen LogP contribution is -2.28. The smallest absolute Gasteiger partial charge is 0.229 e. The normalized spacial score (nSPS) is 17.4. The highest BCUT2D eigenvalue weighted by atomic mass is 35.5. The van der Waals surface area contributed by atoms with E-state index in [0.717, 1.165) is 0 Å². The molecule has 0 saturated carbocycles. The maximum Gasteiger partial charge on any atom is 0.229 e. The average molecular weight is 333 g/mol. The van der Waals surface area contributed by atoms with E-state index in [0.29, 0.717) is 22.9 Å². The molecule has 1 atom stereocenters. The minimum Gasteiger partial charge on any atom is -0.326 e. The Morgan fingerprint density at radius 2 is 1.96 bits per heavy atom. The van der Waals surface area contributed by atoms with Crippen molar-refractivity contribution in [1.82, 2.24) is 0 Å². The van der Waals surface area contributed by atoms with Gasteiger partial charge in [-0.2, -0.15) is 0 Å². The molecule has 0 aromatic heterocycles. The van der Waals surface area contributed by atoms with Gasteiger partial charge in [0.15, 0.2) is 0 Å². The van der Waals surface area contributed by atoms with Gasteiger partial charge in [0.05, 0.1) is 5.92 Å².